The largest absolute Gasteiger partial charge is 0.320 e. The Balaban J connectivity index is 3.16. The lowest BCUT2D eigenvalue weighted by molar-refractivity contribution is -0.148. The molecule has 3 amide bonds. The van der Waals surface area contributed by atoms with Crippen molar-refractivity contribution in [3.05, 3.63) is 42.0 Å². The zero-order valence-electron chi connectivity index (χ0n) is 22.0. The zero-order chi connectivity index (χ0) is 26.5. The lowest BCUT2D eigenvalue weighted by Gasteiger charge is -2.32. The van der Waals surface area contributed by atoms with Crippen molar-refractivity contribution in [1.82, 2.24) is 15.9 Å². The topological polar surface area (TPSA) is 125 Å². The molecule has 0 aliphatic rings. The van der Waals surface area contributed by atoms with E-state index < -0.39 is 29.7 Å². The summed E-state index contributed by atoms with van der Waals surface area (Å²) >= 11 is 0. The van der Waals surface area contributed by atoms with Crippen LogP contribution in [0.15, 0.2) is 36.4 Å². The highest BCUT2D eigenvalue weighted by atomic mass is 16.5. The first kappa shape index (κ1) is 30.3. The van der Waals surface area contributed by atoms with E-state index in [0.717, 1.165) is 5.56 Å². The first-order valence-electron chi connectivity index (χ1n) is 12.5. The van der Waals surface area contributed by atoms with E-state index in [1.54, 1.807) is 5.48 Å². The Kier molecular flexibility index (Phi) is 13.3. The molecule has 0 unspecified atom stereocenters. The minimum atomic E-state index is -0.817. The van der Waals surface area contributed by atoms with Gasteiger partial charge in [0.25, 0.3) is 5.91 Å². The fourth-order valence-electron chi connectivity index (χ4n) is 3.99. The van der Waals surface area contributed by atoms with Crippen molar-refractivity contribution in [2.24, 2.45) is 35.3 Å². The number of nitrogens with zero attached hydrogens (tertiary/aromatic N) is 1. The molecule has 8 nitrogen and oxygen atoms in total. The van der Waals surface area contributed by atoms with Gasteiger partial charge in [-0.3, -0.25) is 30.0 Å². The molecule has 1 aromatic rings. The van der Waals surface area contributed by atoms with Crippen LogP contribution in [0, 0.1) is 29.6 Å². The van der Waals surface area contributed by atoms with E-state index in [0.29, 0.717) is 19.4 Å². The normalized spacial score (nSPS) is 14.3. The molecule has 0 aliphatic carbocycles. The molecular formula is C27H44N4O4. The van der Waals surface area contributed by atoms with E-state index in [9.17, 15) is 19.6 Å². The summed E-state index contributed by atoms with van der Waals surface area (Å²) in [6.07, 6.45) is 4.85. The molecule has 35 heavy (non-hydrogen) atoms. The molecule has 0 fully saturated rings. The molecule has 1 rings (SSSR count). The smallest absolute Gasteiger partial charge is 0.257 e. The molecule has 196 valence electrons. The van der Waals surface area contributed by atoms with Crippen LogP contribution in [0.1, 0.15) is 66.4 Å². The molecule has 0 bridgehead atoms. The summed E-state index contributed by atoms with van der Waals surface area (Å²) < 4.78 is 0. The standard InChI is InChI=1S/C27H44N4O4/c1-18(2)15-23(22(26(33)30-35)14-10-13-21-11-8-7-9-12-21)25(32)29-31(17-20(5)6)27(34)24(28)16-19(3)4/h7-13,18-20,22-24,35H,14-17,28H2,1-6H3,(H,29,32)(H,30,33)/t22-,23+,24-/m0/s1. The Bertz CT molecular complexity index is 824. The molecule has 0 aromatic heterocycles. The summed E-state index contributed by atoms with van der Waals surface area (Å²) in [6, 6.07) is 8.88. The molecule has 0 saturated heterocycles. The van der Waals surface area contributed by atoms with E-state index in [1.807, 2.05) is 84.0 Å². The third-order valence-electron chi connectivity index (χ3n) is 5.60. The van der Waals surface area contributed by atoms with Gasteiger partial charge >= 0.3 is 0 Å². The highest BCUT2D eigenvalue weighted by molar-refractivity contribution is 5.89. The molecule has 0 aliphatic heterocycles. The Morgan fingerprint density at radius 3 is 2.03 bits per heavy atom. The number of benzene rings is 1. The number of allylic oxidation sites excluding steroid dienone is 1. The predicted molar refractivity (Wildman–Crippen MR) is 139 cm³/mol. The lowest BCUT2D eigenvalue weighted by atomic mass is 9.82. The van der Waals surface area contributed by atoms with Crippen LogP contribution in [0.25, 0.3) is 6.08 Å². The van der Waals surface area contributed by atoms with E-state index in [-0.39, 0.29) is 30.1 Å². The summed E-state index contributed by atoms with van der Waals surface area (Å²) in [5.41, 5.74) is 11.6. The van der Waals surface area contributed by atoms with E-state index in [4.69, 9.17) is 5.73 Å². The second kappa shape index (κ2) is 15.3. The second-order valence-electron chi connectivity index (χ2n) is 10.4. The summed E-state index contributed by atoms with van der Waals surface area (Å²) in [7, 11) is 0. The number of carbonyl (C=O) groups is 3. The first-order valence-corrected chi connectivity index (χ1v) is 12.5. The number of nitrogens with two attached hydrogens (primary N) is 1. The van der Waals surface area contributed by atoms with Gasteiger partial charge in [-0.05, 0) is 42.6 Å². The van der Waals surface area contributed by atoms with Crippen LogP contribution in [0.4, 0.5) is 0 Å². The van der Waals surface area contributed by atoms with E-state index in [1.165, 1.54) is 5.01 Å². The van der Waals surface area contributed by atoms with Crippen LogP contribution in [0.2, 0.25) is 0 Å². The zero-order valence-corrected chi connectivity index (χ0v) is 22.0. The molecule has 0 heterocycles. The Hall–Kier alpha value is -2.71. The van der Waals surface area contributed by atoms with Gasteiger partial charge in [0.05, 0.1) is 17.9 Å². The monoisotopic (exact) mass is 488 g/mol. The number of hydrogen-bond donors (Lipinski definition) is 4. The molecule has 0 radical (unpaired) electrons. The summed E-state index contributed by atoms with van der Waals surface area (Å²) in [5.74, 6) is -2.57. The maximum absolute atomic E-state index is 13.5. The van der Waals surface area contributed by atoms with Gasteiger partial charge in [0.1, 0.15) is 0 Å². The minimum absolute atomic E-state index is 0.0967. The molecule has 5 N–H and O–H groups in total. The number of amides is 3. The Labute approximate surface area is 210 Å². The number of hydrogen-bond acceptors (Lipinski definition) is 5. The number of rotatable bonds is 13. The number of hydrazine groups is 1. The maximum atomic E-state index is 13.5. The first-order chi connectivity index (χ1) is 16.5. The molecular weight excluding hydrogens is 444 g/mol. The highest BCUT2D eigenvalue weighted by Crippen LogP contribution is 2.26. The quantitative estimate of drug-likeness (QED) is 0.249. The van der Waals surface area contributed by atoms with Crippen LogP contribution in [-0.4, -0.2) is 40.5 Å². The van der Waals surface area contributed by atoms with Gasteiger partial charge in [0.15, 0.2) is 0 Å². The van der Waals surface area contributed by atoms with Crippen molar-refractivity contribution < 1.29 is 19.6 Å². The Morgan fingerprint density at radius 1 is 0.914 bits per heavy atom. The van der Waals surface area contributed by atoms with Crippen molar-refractivity contribution in [2.75, 3.05) is 6.54 Å². The molecule has 3 atom stereocenters. The van der Waals surface area contributed by atoms with Gasteiger partial charge in [-0.15, -0.1) is 0 Å². The van der Waals surface area contributed by atoms with Gasteiger partial charge in [0.2, 0.25) is 11.8 Å². The lowest BCUT2D eigenvalue weighted by Crippen LogP contribution is -2.56. The van der Waals surface area contributed by atoms with Crippen LogP contribution < -0.4 is 16.6 Å². The van der Waals surface area contributed by atoms with Gasteiger partial charge in [0, 0.05) is 6.54 Å². The molecule has 0 saturated carbocycles. The van der Waals surface area contributed by atoms with Gasteiger partial charge in [-0.1, -0.05) is 84.0 Å². The van der Waals surface area contributed by atoms with Crippen molar-refractivity contribution in [1.29, 1.82) is 0 Å². The van der Waals surface area contributed by atoms with E-state index in [2.05, 4.69) is 5.43 Å². The molecule has 8 heteroatoms. The highest BCUT2D eigenvalue weighted by Gasteiger charge is 2.35. The maximum Gasteiger partial charge on any atom is 0.257 e. The third-order valence-corrected chi connectivity index (χ3v) is 5.60. The van der Waals surface area contributed by atoms with Crippen LogP contribution in [0.3, 0.4) is 0 Å². The van der Waals surface area contributed by atoms with Crippen molar-refractivity contribution >= 4 is 23.8 Å². The fraction of sp³-hybridized carbons (Fsp3) is 0.593. The average Bonchev–Trinajstić information content (AvgIpc) is 2.79. The number of nitrogens with one attached hydrogen (secondary N) is 2. The summed E-state index contributed by atoms with van der Waals surface area (Å²) in [5, 5.41) is 10.7. The predicted octanol–water partition coefficient (Wildman–Crippen LogP) is 3.76. The number of hydroxylamine groups is 1. The van der Waals surface area contributed by atoms with Crippen molar-refractivity contribution in [3.63, 3.8) is 0 Å². The summed E-state index contributed by atoms with van der Waals surface area (Å²) in [4.78, 5) is 39.2. The Morgan fingerprint density at radius 2 is 1.51 bits per heavy atom. The second-order valence-corrected chi connectivity index (χ2v) is 10.4. The minimum Gasteiger partial charge on any atom is -0.320 e. The average molecular weight is 489 g/mol. The SMILES string of the molecule is CC(C)C[C@H](N)C(=O)N(CC(C)C)NC(=O)[C@H](CC(C)C)[C@H](CC=Cc1ccccc1)C(=O)NO. The van der Waals surface area contributed by atoms with Gasteiger partial charge < -0.3 is 5.73 Å². The molecule has 1 aromatic carbocycles. The van der Waals surface area contributed by atoms with E-state index >= 15 is 0 Å². The fourth-order valence-corrected chi connectivity index (χ4v) is 3.99. The van der Waals surface area contributed by atoms with Crippen molar-refractivity contribution in [2.45, 2.75) is 66.8 Å². The van der Waals surface area contributed by atoms with Gasteiger partial charge in [-0.25, -0.2) is 5.48 Å². The third kappa shape index (κ3) is 11.0. The van der Waals surface area contributed by atoms with Crippen molar-refractivity contribution in [3.8, 4) is 0 Å². The van der Waals surface area contributed by atoms with Crippen LogP contribution in [0.5, 0.6) is 0 Å². The number of carbonyl (C=O) groups excluding carboxylic acids is 3. The van der Waals surface area contributed by atoms with Crippen LogP contribution in [-0.2, 0) is 14.4 Å². The van der Waals surface area contributed by atoms with Gasteiger partial charge in [-0.2, -0.15) is 0 Å². The molecule has 0 spiro atoms. The van der Waals surface area contributed by atoms with Crippen LogP contribution >= 0.6 is 0 Å². The summed E-state index contributed by atoms with van der Waals surface area (Å²) in [6.45, 7) is 12.1.